The topological polar surface area (TPSA) is 69.6 Å². The first-order valence-corrected chi connectivity index (χ1v) is 11.9. The Morgan fingerprint density at radius 3 is 2.47 bits per heavy atom. The summed E-state index contributed by atoms with van der Waals surface area (Å²) in [5.41, 5.74) is 1.60. The van der Waals surface area contributed by atoms with Crippen molar-refractivity contribution in [2.75, 3.05) is 37.6 Å². The van der Waals surface area contributed by atoms with Gasteiger partial charge in [-0.25, -0.2) is 0 Å². The summed E-state index contributed by atoms with van der Waals surface area (Å²) in [6.07, 6.45) is 4.88. The average Bonchev–Trinajstić information content (AvgIpc) is 3.70. The fraction of sp³-hybridized carbons (Fsp3) is 0.500. The van der Waals surface area contributed by atoms with Crippen LogP contribution >= 0.6 is 11.6 Å². The highest BCUT2D eigenvalue weighted by atomic mass is 35.5. The zero-order chi connectivity index (χ0) is 22.1. The molecule has 0 spiro atoms. The number of nitrogens with zero attached hydrogens (tertiary/aromatic N) is 5. The Balaban J connectivity index is 1.20. The van der Waals surface area contributed by atoms with Gasteiger partial charge in [0.2, 0.25) is 11.8 Å². The molecule has 0 radical (unpaired) electrons. The minimum atomic E-state index is 0.0629. The van der Waals surface area contributed by atoms with Crippen LogP contribution in [0.2, 0.25) is 5.02 Å². The molecule has 0 N–H and O–H groups in total. The Kier molecular flexibility index (Phi) is 6.00. The van der Waals surface area contributed by atoms with E-state index in [1.165, 1.54) is 0 Å². The first kappa shape index (κ1) is 21.2. The number of carbonyl (C=O) groups is 2. The first-order valence-electron chi connectivity index (χ1n) is 11.5. The maximum Gasteiger partial charge on any atom is 0.242 e. The van der Waals surface area contributed by atoms with Crippen LogP contribution in [-0.4, -0.2) is 70.6 Å². The normalized spacial score (nSPS) is 18.9. The predicted octanol–water partition coefficient (Wildman–Crippen LogP) is 3.24. The maximum absolute atomic E-state index is 13.0. The zero-order valence-corrected chi connectivity index (χ0v) is 18.9. The van der Waals surface area contributed by atoms with Crippen LogP contribution in [0.15, 0.2) is 36.4 Å². The number of anilines is 1. The molecule has 1 saturated heterocycles. The summed E-state index contributed by atoms with van der Waals surface area (Å²) in [4.78, 5) is 31.5. The number of carbonyl (C=O) groups excluding carboxylic acids is 2. The van der Waals surface area contributed by atoms with Gasteiger partial charge in [0.1, 0.15) is 6.54 Å². The number of aromatic nitrogens is 2. The van der Waals surface area contributed by atoms with Crippen molar-refractivity contribution in [2.24, 2.45) is 5.92 Å². The first-order chi connectivity index (χ1) is 15.6. The molecule has 2 aromatic rings. The van der Waals surface area contributed by atoms with Gasteiger partial charge in [-0.1, -0.05) is 29.8 Å². The van der Waals surface area contributed by atoms with Crippen molar-refractivity contribution >= 4 is 29.2 Å². The van der Waals surface area contributed by atoms with E-state index in [1.54, 1.807) is 0 Å². The summed E-state index contributed by atoms with van der Waals surface area (Å²) in [5, 5.41) is 9.45. The van der Waals surface area contributed by atoms with Crippen molar-refractivity contribution in [3.63, 3.8) is 0 Å². The van der Waals surface area contributed by atoms with Gasteiger partial charge in [-0.05, 0) is 50.3 Å². The van der Waals surface area contributed by atoms with Crippen LogP contribution in [0, 0.1) is 5.92 Å². The van der Waals surface area contributed by atoms with Gasteiger partial charge in [-0.2, -0.15) is 0 Å². The molecule has 2 amide bonds. The molecule has 2 heterocycles. The lowest BCUT2D eigenvalue weighted by atomic mass is 10.1. The second-order valence-electron chi connectivity index (χ2n) is 8.95. The molecule has 7 nitrogen and oxygen atoms in total. The number of hydrogen-bond donors (Lipinski definition) is 0. The molecule has 0 atom stereocenters. The predicted molar refractivity (Wildman–Crippen MR) is 123 cm³/mol. The molecular weight excluding hydrogens is 426 g/mol. The van der Waals surface area contributed by atoms with Crippen molar-refractivity contribution in [1.82, 2.24) is 20.0 Å². The molecule has 0 bridgehead atoms. The summed E-state index contributed by atoms with van der Waals surface area (Å²) in [5.74, 6) is 1.22. The lowest BCUT2D eigenvalue weighted by Crippen LogP contribution is -2.45. The van der Waals surface area contributed by atoms with Crippen LogP contribution in [0.4, 0.5) is 5.82 Å². The molecule has 168 valence electrons. The van der Waals surface area contributed by atoms with Gasteiger partial charge in [0.15, 0.2) is 5.82 Å². The van der Waals surface area contributed by atoms with E-state index in [4.69, 9.17) is 11.6 Å². The lowest BCUT2D eigenvalue weighted by Gasteiger charge is -2.27. The summed E-state index contributed by atoms with van der Waals surface area (Å²) in [7, 11) is 0. The van der Waals surface area contributed by atoms with Gasteiger partial charge in [0.05, 0.1) is 10.7 Å². The van der Waals surface area contributed by atoms with Crippen molar-refractivity contribution in [1.29, 1.82) is 0 Å². The molecule has 3 fully saturated rings. The number of halogens is 1. The van der Waals surface area contributed by atoms with E-state index in [-0.39, 0.29) is 30.3 Å². The van der Waals surface area contributed by atoms with Crippen molar-refractivity contribution in [2.45, 2.75) is 38.1 Å². The number of rotatable bonds is 6. The van der Waals surface area contributed by atoms with E-state index in [0.717, 1.165) is 55.7 Å². The highest BCUT2D eigenvalue weighted by Crippen LogP contribution is 2.36. The average molecular weight is 454 g/mol. The third kappa shape index (κ3) is 4.72. The molecule has 2 saturated carbocycles. The molecular formula is C24H28ClN5O2. The van der Waals surface area contributed by atoms with Crippen molar-refractivity contribution in [3.8, 4) is 11.3 Å². The standard InChI is InChI=1S/C24H28ClN5O2/c25-20-5-2-1-4-19(20)21-10-11-22(27-26-21)28-12-3-13-29(15-14-28)23(31)16-30(18-8-9-18)24(32)17-6-7-17/h1-2,4-5,10-11,17-18H,3,6-9,12-16H2. The third-order valence-corrected chi connectivity index (χ3v) is 6.81. The van der Waals surface area contributed by atoms with Gasteiger partial charge >= 0.3 is 0 Å². The molecule has 3 aliphatic rings. The van der Waals surface area contributed by atoms with Gasteiger partial charge in [0.25, 0.3) is 0 Å². The Labute approximate surface area is 193 Å². The Morgan fingerprint density at radius 2 is 1.78 bits per heavy atom. The van der Waals surface area contributed by atoms with Crippen LogP contribution in [-0.2, 0) is 9.59 Å². The van der Waals surface area contributed by atoms with E-state index in [9.17, 15) is 9.59 Å². The molecule has 5 rings (SSSR count). The van der Waals surface area contributed by atoms with Crippen LogP contribution in [0.1, 0.15) is 32.1 Å². The minimum absolute atomic E-state index is 0.0629. The second kappa shape index (κ2) is 9.06. The molecule has 8 heteroatoms. The van der Waals surface area contributed by atoms with E-state index >= 15 is 0 Å². The van der Waals surface area contributed by atoms with Gasteiger partial charge in [0, 0.05) is 43.7 Å². The van der Waals surface area contributed by atoms with Gasteiger partial charge in [-0.15, -0.1) is 10.2 Å². The Hall–Kier alpha value is -2.67. The fourth-order valence-electron chi connectivity index (χ4n) is 4.29. The minimum Gasteiger partial charge on any atom is -0.353 e. The second-order valence-corrected chi connectivity index (χ2v) is 9.36. The Morgan fingerprint density at radius 1 is 0.969 bits per heavy atom. The molecule has 1 aliphatic heterocycles. The van der Waals surface area contributed by atoms with Gasteiger partial charge in [-0.3, -0.25) is 9.59 Å². The summed E-state index contributed by atoms with van der Waals surface area (Å²) < 4.78 is 0. The number of hydrogen-bond acceptors (Lipinski definition) is 5. The molecule has 0 unspecified atom stereocenters. The van der Waals surface area contributed by atoms with Crippen LogP contribution in [0.3, 0.4) is 0 Å². The molecule has 1 aromatic carbocycles. The van der Waals surface area contributed by atoms with Crippen LogP contribution in [0.25, 0.3) is 11.3 Å². The van der Waals surface area contributed by atoms with E-state index in [0.29, 0.717) is 24.7 Å². The lowest BCUT2D eigenvalue weighted by molar-refractivity contribution is -0.141. The molecule has 32 heavy (non-hydrogen) atoms. The van der Waals surface area contributed by atoms with E-state index in [2.05, 4.69) is 15.1 Å². The third-order valence-electron chi connectivity index (χ3n) is 6.48. The summed E-state index contributed by atoms with van der Waals surface area (Å²) >= 11 is 6.27. The van der Waals surface area contributed by atoms with Crippen LogP contribution in [0.5, 0.6) is 0 Å². The molecule has 2 aliphatic carbocycles. The highest BCUT2D eigenvalue weighted by molar-refractivity contribution is 6.33. The SMILES string of the molecule is O=C(CN(C(=O)C1CC1)C1CC1)N1CCCN(c2ccc(-c3ccccc3Cl)nn2)CC1. The highest BCUT2D eigenvalue weighted by Gasteiger charge is 2.41. The summed E-state index contributed by atoms with van der Waals surface area (Å²) in [6, 6.07) is 11.8. The quantitative estimate of drug-likeness (QED) is 0.671. The molecule has 1 aromatic heterocycles. The van der Waals surface area contributed by atoms with E-state index in [1.807, 2.05) is 46.2 Å². The van der Waals surface area contributed by atoms with Crippen LogP contribution < -0.4 is 4.90 Å². The number of amides is 2. The number of benzene rings is 1. The Bertz CT molecular complexity index is 990. The van der Waals surface area contributed by atoms with E-state index < -0.39 is 0 Å². The zero-order valence-electron chi connectivity index (χ0n) is 18.1. The summed E-state index contributed by atoms with van der Waals surface area (Å²) in [6.45, 7) is 3.08. The smallest absolute Gasteiger partial charge is 0.242 e. The fourth-order valence-corrected chi connectivity index (χ4v) is 4.52. The van der Waals surface area contributed by atoms with Crippen molar-refractivity contribution in [3.05, 3.63) is 41.4 Å². The van der Waals surface area contributed by atoms with Gasteiger partial charge < -0.3 is 14.7 Å². The van der Waals surface area contributed by atoms with Crippen molar-refractivity contribution < 1.29 is 9.59 Å². The monoisotopic (exact) mass is 453 g/mol. The maximum atomic E-state index is 13.0. The largest absolute Gasteiger partial charge is 0.353 e.